The highest BCUT2D eigenvalue weighted by molar-refractivity contribution is 8.00. The number of anilines is 1. The molecule has 3 rings (SSSR count). The molecule has 2 heterocycles. The standard InChI is InChI=1S/C20H23FN6OS/c1-6-11-27-18(15-7-9-16(21)10-8-15)23-24-20(27)29-14(4)19(28)22-17-12(2)25-26(5)13(17)3/h6-10,14H,1,11H2,2-5H3,(H,22,28)/t14-/m0/s1. The van der Waals surface area contributed by atoms with Crippen LogP contribution in [0.25, 0.3) is 11.4 Å². The van der Waals surface area contributed by atoms with Gasteiger partial charge in [0.1, 0.15) is 5.82 Å². The van der Waals surface area contributed by atoms with E-state index >= 15 is 0 Å². The third kappa shape index (κ3) is 4.40. The molecule has 0 spiro atoms. The lowest BCUT2D eigenvalue weighted by molar-refractivity contribution is -0.115. The maximum Gasteiger partial charge on any atom is 0.237 e. The van der Waals surface area contributed by atoms with E-state index in [0.29, 0.717) is 17.5 Å². The molecule has 0 bridgehead atoms. The number of thioether (sulfide) groups is 1. The van der Waals surface area contributed by atoms with Crippen LogP contribution in [0.15, 0.2) is 42.1 Å². The number of hydrogen-bond donors (Lipinski definition) is 1. The zero-order valence-corrected chi connectivity index (χ0v) is 17.6. The Morgan fingerprint density at radius 3 is 2.59 bits per heavy atom. The van der Waals surface area contributed by atoms with Gasteiger partial charge in [0, 0.05) is 19.2 Å². The van der Waals surface area contributed by atoms with Crippen LogP contribution in [0.4, 0.5) is 10.1 Å². The Hall–Kier alpha value is -2.94. The molecule has 1 aromatic carbocycles. The Labute approximate surface area is 173 Å². The van der Waals surface area contributed by atoms with Gasteiger partial charge in [-0.05, 0) is 45.0 Å². The zero-order valence-electron chi connectivity index (χ0n) is 16.8. The van der Waals surface area contributed by atoms with Crippen LogP contribution >= 0.6 is 11.8 Å². The van der Waals surface area contributed by atoms with Crippen molar-refractivity contribution in [1.29, 1.82) is 0 Å². The predicted octanol–water partition coefficient (Wildman–Crippen LogP) is 3.74. The van der Waals surface area contributed by atoms with Crippen molar-refractivity contribution < 1.29 is 9.18 Å². The molecule has 1 N–H and O–H groups in total. The van der Waals surface area contributed by atoms with Crippen molar-refractivity contribution in [2.24, 2.45) is 7.05 Å². The fourth-order valence-electron chi connectivity index (χ4n) is 2.87. The summed E-state index contributed by atoms with van der Waals surface area (Å²) in [6.45, 7) is 9.83. The average Bonchev–Trinajstić information content (AvgIpc) is 3.18. The van der Waals surface area contributed by atoms with Gasteiger partial charge < -0.3 is 5.32 Å². The molecule has 0 aliphatic carbocycles. The number of aromatic nitrogens is 5. The Bertz CT molecular complexity index is 1040. The summed E-state index contributed by atoms with van der Waals surface area (Å²) in [7, 11) is 1.84. The summed E-state index contributed by atoms with van der Waals surface area (Å²) in [5, 5.41) is 15.9. The first-order valence-electron chi connectivity index (χ1n) is 9.09. The van der Waals surface area contributed by atoms with Crippen LogP contribution in [0.5, 0.6) is 0 Å². The van der Waals surface area contributed by atoms with Crippen molar-refractivity contribution in [3.05, 3.63) is 54.1 Å². The third-order valence-electron chi connectivity index (χ3n) is 4.54. The molecule has 0 saturated carbocycles. The number of amides is 1. The molecule has 0 saturated heterocycles. The van der Waals surface area contributed by atoms with Crippen LogP contribution in [-0.2, 0) is 18.4 Å². The second-order valence-electron chi connectivity index (χ2n) is 6.63. The molecule has 0 unspecified atom stereocenters. The first-order chi connectivity index (χ1) is 13.8. The smallest absolute Gasteiger partial charge is 0.237 e. The van der Waals surface area contributed by atoms with Gasteiger partial charge in [0.15, 0.2) is 11.0 Å². The monoisotopic (exact) mass is 414 g/mol. The molecule has 7 nitrogen and oxygen atoms in total. The van der Waals surface area contributed by atoms with E-state index in [2.05, 4.69) is 27.2 Å². The summed E-state index contributed by atoms with van der Waals surface area (Å²) in [6, 6.07) is 6.06. The van der Waals surface area contributed by atoms with Gasteiger partial charge >= 0.3 is 0 Å². The molecule has 0 aliphatic heterocycles. The van der Waals surface area contributed by atoms with Gasteiger partial charge in [-0.3, -0.25) is 14.0 Å². The first kappa shape index (κ1) is 20.8. The number of nitrogens with zero attached hydrogens (tertiary/aromatic N) is 5. The topological polar surface area (TPSA) is 77.6 Å². The SMILES string of the molecule is C=CCn1c(S[C@@H](C)C(=O)Nc2c(C)nn(C)c2C)nnc1-c1ccc(F)cc1. The van der Waals surface area contributed by atoms with Crippen molar-refractivity contribution >= 4 is 23.4 Å². The van der Waals surface area contributed by atoms with Crippen LogP contribution in [0.2, 0.25) is 0 Å². The Balaban J connectivity index is 1.80. The molecule has 1 atom stereocenters. The Morgan fingerprint density at radius 1 is 1.31 bits per heavy atom. The molecule has 2 aromatic heterocycles. The largest absolute Gasteiger partial charge is 0.322 e. The molecular weight excluding hydrogens is 391 g/mol. The van der Waals surface area contributed by atoms with Crippen molar-refractivity contribution in [1.82, 2.24) is 24.5 Å². The quantitative estimate of drug-likeness (QED) is 0.471. The number of carbonyl (C=O) groups excluding carboxylic acids is 1. The summed E-state index contributed by atoms with van der Waals surface area (Å²) < 4.78 is 16.8. The van der Waals surface area contributed by atoms with E-state index < -0.39 is 5.25 Å². The average molecular weight is 415 g/mol. The molecular formula is C20H23FN6OS. The Kier molecular flexibility index (Phi) is 6.17. The molecule has 152 valence electrons. The fourth-order valence-corrected chi connectivity index (χ4v) is 3.73. The number of allylic oxidation sites excluding steroid dienone is 1. The molecule has 0 radical (unpaired) electrons. The summed E-state index contributed by atoms with van der Waals surface area (Å²) >= 11 is 1.30. The summed E-state index contributed by atoms with van der Waals surface area (Å²) in [5.41, 5.74) is 3.13. The van der Waals surface area contributed by atoms with E-state index in [1.54, 1.807) is 22.9 Å². The molecule has 29 heavy (non-hydrogen) atoms. The van der Waals surface area contributed by atoms with Crippen molar-refractivity contribution in [3.63, 3.8) is 0 Å². The van der Waals surface area contributed by atoms with Crippen molar-refractivity contribution in [2.75, 3.05) is 5.32 Å². The molecule has 9 heteroatoms. The van der Waals surface area contributed by atoms with Crippen molar-refractivity contribution in [3.8, 4) is 11.4 Å². The fraction of sp³-hybridized carbons (Fsp3) is 0.300. The second kappa shape index (κ2) is 8.60. The number of rotatable bonds is 7. The summed E-state index contributed by atoms with van der Waals surface area (Å²) in [4.78, 5) is 12.7. The summed E-state index contributed by atoms with van der Waals surface area (Å²) in [6.07, 6.45) is 1.73. The summed E-state index contributed by atoms with van der Waals surface area (Å²) in [5.74, 6) is 0.133. The van der Waals surface area contributed by atoms with Gasteiger partial charge in [-0.25, -0.2) is 4.39 Å². The normalized spacial score (nSPS) is 12.0. The van der Waals surface area contributed by atoms with Gasteiger partial charge in [-0.15, -0.1) is 16.8 Å². The molecule has 0 aliphatic rings. The lowest BCUT2D eigenvalue weighted by atomic mass is 10.2. The van der Waals surface area contributed by atoms with E-state index in [1.165, 1.54) is 23.9 Å². The minimum Gasteiger partial charge on any atom is -0.322 e. The van der Waals surface area contributed by atoms with Crippen LogP contribution in [0.3, 0.4) is 0 Å². The highest BCUT2D eigenvalue weighted by Crippen LogP contribution is 2.28. The van der Waals surface area contributed by atoms with Gasteiger partial charge in [0.25, 0.3) is 0 Å². The van der Waals surface area contributed by atoms with Crippen LogP contribution < -0.4 is 5.32 Å². The van der Waals surface area contributed by atoms with E-state index in [-0.39, 0.29) is 11.7 Å². The van der Waals surface area contributed by atoms with E-state index in [0.717, 1.165) is 22.6 Å². The number of carbonyl (C=O) groups is 1. The third-order valence-corrected chi connectivity index (χ3v) is 5.62. The minimum absolute atomic E-state index is 0.148. The van der Waals surface area contributed by atoms with E-state index in [9.17, 15) is 9.18 Å². The number of nitrogens with one attached hydrogen (secondary N) is 1. The van der Waals surface area contributed by atoms with E-state index in [1.807, 2.05) is 32.4 Å². The van der Waals surface area contributed by atoms with Crippen LogP contribution in [0, 0.1) is 19.7 Å². The van der Waals surface area contributed by atoms with Gasteiger partial charge in [0.05, 0.1) is 22.3 Å². The lowest BCUT2D eigenvalue weighted by Crippen LogP contribution is -2.23. The number of aryl methyl sites for hydroxylation is 2. The van der Waals surface area contributed by atoms with Gasteiger partial charge in [0.2, 0.25) is 5.91 Å². The Morgan fingerprint density at radius 2 is 2.00 bits per heavy atom. The highest BCUT2D eigenvalue weighted by Gasteiger charge is 2.22. The maximum atomic E-state index is 13.2. The number of benzene rings is 1. The van der Waals surface area contributed by atoms with Gasteiger partial charge in [-0.1, -0.05) is 17.8 Å². The zero-order chi connectivity index (χ0) is 21.1. The lowest BCUT2D eigenvalue weighted by Gasteiger charge is -2.13. The van der Waals surface area contributed by atoms with Crippen molar-refractivity contribution in [2.45, 2.75) is 37.7 Å². The molecule has 3 aromatic rings. The molecule has 0 fully saturated rings. The number of halogens is 1. The first-order valence-corrected chi connectivity index (χ1v) is 9.97. The van der Waals surface area contributed by atoms with E-state index in [4.69, 9.17) is 0 Å². The van der Waals surface area contributed by atoms with Crippen LogP contribution in [0.1, 0.15) is 18.3 Å². The second-order valence-corrected chi connectivity index (χ2v) is 7.94. The van der Waals surface area contributed by atoms with Gasteiger partial charge in [-0.2, -0.15) is 5.10 Å². The maximum absolute atomic E-state index is 13.2. The number of hydrogen-bond acceptors (Lipinski definition) is 5. The molecule has 1 amide bonds. The minimum atomic E-state index is -0.414. The predicted molar refractivity (Wildman–Crippen MR) is 112 cm³/mol. The van der Waals surface area contributed by atoms with Crippen LogP contribution in [-0.4, -0.2) is 35.7 Å². The highest BCUT2D eigenvalue weighted by atomic mass is 32.2.